The maximum Gasteiger partial charge on any atom is 0.310 e. The van der Waals surface area contributed by atoms with Crippen LogP contribution in [-0.4, -0.2) is 35.4 Å². The van der Waals surface area contributed by atoms with Gasteiger partial charge >= 0.3 is 11.9 Å². The highest BCUT2D eigenvalue weighted by Crippen LogP contribution is 2.60. The van der Waals surface area contributed by atoms with Gasteiger partial charge in [0.25, 0.3) is 5.91 Å². The van der Waals surface area contributed by atoms with Crippen molar-refractivity contribution in [2.45, 2.75) is 31.2 Å². The van der Waals surface area contributed by atoms with Crippen LogP contribution >= 0.6 is 31.9 Å². The number of carbonyl (C=O) groups excluding carboxylic acids is 3. The molecule has 0 aromatic heterocycles. The molecule has 8 heteroatoms. The molecule has 0 unspecified atom stereocenters. The van der Waals surface area contributed by atoms with Crippen LogP contribution in [0.5, 0.6) is 0 Å². The molecule has 1 saturated heterocycles. The Morgan fingerprint density at radius 3 is 2.59 bits per heavy atom. The number of anilines is 1. The Hall–Kier alpha value is -1.41. The average Bonchev–Trinajstić information content (AvgIpc) is 3.21. The molecule has 0 radical (unpaired) electrons. The van der Waals surface area contributed by atoms with Gasteiger partial charge in [-0.15, -0.1) is 0 Å². The molecule has 4 rings (SSSR count). The molecule has 3 fully saturated rings. The van der Waals surface area contributed by atoms with E-state index in [2.05, 4.69) is 37.2 Å². The molecule has 3 aliphatic rings. The second-order valence-electron chi connectivity index (χ2n) is 7.54. The molecular weight excluding hydrogens is 482 g/mol. The van der Waals surface area contributed by atoms with Crippen LogP contribution in [0.4, 0.5) is 5.69 Å². The van der Waals surface area contributed by atoms with Crippen molar-refractivity contribution >= 4 is 55.4 Å². The monoisotopic (exact) mass is 499 g/mol. The number of aryl methyl sites for hydroxylation is 2. The molecule has 6 nitrogen and oxygen atoms in total. The molecule has 1 aliphatic heterocycles. The molecule has 2 aliphatic carbocycles. The Morgan fingerprint density at radius 1 is 1.26 bits per heavy atom. The van der Waals surface area contributed by atoms with E-state index in [4.69, 9.17) is 9.47 Å². The molecule has 27 heavy (non-hydrogen) atoms. The van der Waals surface area contributed by atoms with Crippen LogP contribution in [0.2, 0.25) is 0 Å². The van der Waals surface area contributed by atoms with Gasteiger partial charge in [-0.05, 0) is 49.4 Å². The van der Waals surface area contributed by atoms with E-state index in [1.54, 1.807) is 0 Å². The van der Waals surface area contributed by atoms with Crippen molar-refractivity contribution in [3.8, 4) is 0 Å². The summed E-state index contributed by atoms with van der Waals surface area (Å²) < 4.78 is 11.6. The Balaban J connectivity index is 1.37. The van der Waals surface area contributed by atoms with Gasteiger partial charge in [-0.3, -0.25) is 14.4 Å². The van der Waals surface area contributed by atoms with Crippen molar-refractivity contribution in [1.82, 2.24) is 0 Å². The number of esters is 2. The van der Waals surface area contributed by atoms with Crippen molar-refractivity contribution in [2.24, 2.45) is 23.7 Å². The van der Waals surface area contributed by atoms with Gasteiger partial charge in [-0.2, -0.15) is 0 Å². The summed E-state index contributed by atoms with van der Waals surface area (Å²) in [4.78, 5) is 36.8. The average molecular weight is 501 g/mol. The minimum absolute atomic E-state index is 0.0174. The minimum Gasteiger partial charge on any atom is -0.461 e. The van der Waals surface area contributed by atoms with Gasteiger partial charge in [0, 0.05) is 16.1 Å². The Morgan fingerprint density at radius 2 is 1.93 bits per heavy atom. The fourth-order valence-corrected chi connectivity index (χ4v) is 6.02. The van der Waals surface area contributed by atoms with Crippen LogP contribution in [0.3, 0.4) is 0 Å². The highest BCUT2D eigenvalue weighted by molar-refractivity contribution is 9.10. The molecule has 6 atom stereocenters. The second-order valence-corrected chi connectivity index (χ2v) is 9.39. The van der Waals surface area contributed by atoms with Crippen LogP contribution in [0.25, 0.3) is 0 Å². The Labute approximate surface area is 173 Å². The van der Waals surface area contributed by atoms with Crippen LogP contribution in [0.15, 0.2) is 16.6 Å². The number of nitrogens with one attached hydrogen (secondary N) is 1. The molecule has 2 saturated carbocycles. The molecule has 1 amide bonds. The first-order valence-corrected chi connectivity index (χ1v) is 10.6. The minimum atomic E-state index is -0.532. The lowest BCUT2D eigenvalue weighted by atomic mass is 9.80. The van der Waals surface area contributed by atoms with Crippen molar-refractivity contribution in [3.63, 3.8) is 0 Å². The summed E-state index contributed by atoms with van der Waals surface area (Å²) in [5.41, 5.74) is 2.65. The number of hydrogen-bond donors (Lipinski definition) is 1. The van der Waals surface area contributed by atoms with E-state index < -0.39 is 23.7 Å². The number of halogens is 2. The standard InChI is InChI=1S/C19H19Br2NO5/c1-7-3-9(4-8(2)15(7)20)22-12(23)6-26-18(24)13-10-5-11-14(13)19(25)27-17(11)16(10)21/h3-4,10-11,13-14,16-17H,5-6H2,1-2H3,(H,22,23)/t10-,11-,13-,14-,16-,17+/m1/s1. The Bertz CT molecular complexity index is 818. The topological polar surface area (TPSA) is 81.7 Å². The van der Waals surface area contributed by atoms with E-state index in [1.807, 2.05) is 26.0 Å². The molecule has 1 aromatic rings. The number of rotatable bonds is 4. The summed E-state index contributed by atoms with van der Waals surface area (Å²) in [7, 11) is 0. The summed E-state index contributed by atoms with van der Waals surface area (Å²) >= 11 is 7.05. The first-order valence-electron chi connectivity index (χ1n) is 8.85. The number of carbonyl (C=O) groups is 3. The molecule has 2 bridgehead atoms. The van der Waals surface area contributed by atoms with E-state index in [0.29, 0.717) is 5.69 Å². The molecule has 1 aromatic carbocycles. The summed E-state index contributed by atoms with van der Waals surface area (Å²) in [6, 6.07) is 3.69. The van der Waals surface area contributed by atoms with Crippen molar-refractivity contribution in [2.75, 3.05) is 11.9 Å². The third-order valence-electron chi connectivity index (χ3n) is 5.86. The molecular formula is C19H19Br2NO5. The highest BCUT2D eigenvalue weighted by Gasteiger charge is 2.68. The molecule has 1 heterocycles. The van der Waals surface area contributed by atoms with Gasteiger partial charge in [0.15, 0.2) is 6.61 Å². The normalized spacial score (nSPS) is 33.1. The largest absolute Gasteiger partial charge is 0.461 e. The first-order chi connectivity index (χ1) is 12.8. The summed E-state index contributed by atoms with van der Waals surface area (Å²) in [5, 5.41) is 2.74. The number of fused-ring (bicyclic) bond motifs is 1. The third-order valence-corrected chi connectivity index (χ3v) is 8.31. The fourth-order valence-electron chi connectivity index (χ4n) is 4.74. The van der Waals surface area contributed by atoms with Gasteiger partial charge in [0.1, 0.15) is 6.10 Å². The predicted molar refractivity (Wildman–Crippen MR) is 104 cm³/mol. The number of hydrogen-bond acceptors (Lipinski definition) is 5. The maximum absolute atomic E-state index is 12.6. The van der Waals surface area contributed by atoms with Crippen molar-refractivity contribution < 1.29 is 23.9 Å². The van der Waals surface area contributed by atoms with E-state index >= 15 is 0 Å². The van der Waals surface area contributed by atoms with Crippen molar-refractivity contribution in [3.05, 3.63) is 27.7 Å². The van der Waals surface area contributed by atoms with Crippen LogP contribution in [-0.2, 0) is 23.9 Å². The van der Waals surface area contributed by atoms with Gasteiger partial charge in [-0.25, -0.2) is 0 Å². The zero-order chi connectivity index (χ0) is 19.5. The summed E-state index contributed by atoms with van der Waals surface area (Å²) in [5.74, 6) is -2.09. The van der Waals surface area contributed by atoms with E-state index in [9.17, 15) is 14.4 Å². The highest BCUT2D eigenvalue weighted by atomic mass is 79.9. The number of amides is 1. The lowest BCUT2D eigenvalue weighted by Crippen LogP contribution is -2.39. The van der Waals surface area contributed by atoms with E-state index in [1.165, 1.54) is 0 Å². The van der Waals surface area contributed by atoms with Crippen molar-refractivity contribution in [1.29, 1.82) is 0 Å². The number of ether oxygens (including phenoxy) is 2. The lowest BCUT2D eigenvalue weighted by molar-refractivity contribution is -0.157. The van der Waals surface area contributed by atoms with Gasteiger partial charge in [0.05, 0.1) is 16.7 Å². The number of benzene rings is 1. The molecule has 0 spiro atoms. The summed E-state index contributed by atoms with van der Waals surface area (Å²) in [6.45, 7) is 3.50. The fraction of sp³-hybridized carbons (Fsp3) is 0.526. The third kappa shape index (κ3) is 3.10. The van der Waals surface area contributed by atoms with Crippen LogP contribution < -0.4 is 5.32 Å². The van der Waals surface area contributed by atoms with Gasteiger partial charge in [-0.1, -0.05) is 31.9 Å². The molecule has 1 N–H and O–H groups in total. The van der Waals surface area contributed by atoms with E-state index in [0.717, 1.165) is 22.0 Å². The Kier molecular flexibility index (Phi) is 4.83. The second kappa shape index (κ2) is 6.88. The van der Waals surface area contributed by atoms with Gasteiger partial charge < -0.3 is 14.8 Å². The SMILES string of the molecule is Cc1cc(NC(=O)COC(=O)[C@@H]2[C@H]3C[C@H]4[C@H](OC(=O)[C@H]42)[C@@H]3Br)cc(C)c1Br. The molecule has 144 valence electrons. The van der Waals surface area contributed by atoms with Gasteiger partial charge in [0.2, 0.25) is 0 Å². The summed E-state index contributed by atoms with van der Waals surface area (Å²) in [6.07, 6.45) is 0.643. The zero-order valence-electron chi connectivity index (χ0n) is 14.8. The van der Waals surface area contributed by atoms with Crippen LogP contribution in [0, 0.1) is 37.5 Å². The quantitative estimate of drug-likeness (QED) is 0.507. The predicted octanol–water partition coefficient (Wildman–Crippen LogP) is 3.12. The number of alkyl halides is 1. The lowest BCUT2D eigenvalue weighted by Gasteiger charge is -2.26. The zero-order valence-corrected chi connectivity index (χ0v) is 18.0. The van der Waals surface area contributed by atoms with Crippen LogP contribution in [0.1, 0.15) is 17.5 Å². The first kappa shape index (κ1) is 18.9. The maximum atomic E-state index is 12.6. The smallest absolute Gasteiger partial charge is 0.310 e. The van der Waals surface area contributed by atoms with E-state index in [-0.39, 0.29) is 35.3 Å².